The van der Waals surface area contributed by atoms with Crippen molar-refractivity contribution in [2.45, 2.75) is 19.9 Å². The molecule has 2 aromatic rings. The predicted molar refractivity (Wildman–Crippen MR) is 83.3 cm³/mol. The fourth-order valence-electron chi connectivity index (χ4n) is 2.31. The van der Waals surface area contributed by atoms with E-state index in [1.807, 2.05) is 7.05 Å². The van der Waals surface area contributed by atoms with Gasteiger partial charge in [0.25, 0.3) is 0 Å². The van der Waals surface area contributed by atoms with Gasteiger partial charge >= 0.3 is 0 Å². The van der Waals surface area contributed by atoms with Crippen LogP contribution in [0.5, 0.6) is 0 Å². The average molecular weight is 273 g/mol. The molecule has 0 aliphatic rings. The Bertz CT molecular complexity index is 573. The van der Waals surface area contributed by atoms with Crippen LogP contribution in [0.3, 0.4) is 0 Å². The summed E-state index contributed by atoms with van der Waals surface area (Å²) in [7, 11) is 8.23. The SMILES string of the molecule is CCc1nnc(CN(C)c2ccccc2N(C)C)n1C. The molecule has 1 heterocycles. The first-order valence-electron chi connectivity index (χ1n) is 6.89. The minimum Gasteiger partial charge on any atom is -0.376 e. The van der Waals surface area contributed by atoms with Crippen molar-refractivity contribution < 1.29 is 0 Å². The summed E-state index contributed by atoms with van der Waals surface area (Å²) >= 11 is 0. The lowest BCUT2D eigenvalue weighted by molar-refractivity contribution is 0.732. The van der Waals surface area contributed by atoms with E-state index in [1.54, 1.807) is 0 Å². The number of hydrogen-bond donors (Lipinski definition) is 0. The summed E-state index contributed by atoms with van der Waals surface area (Å²) in [5.41, 5.74) is 2.39. The number of aromatic nitrogens is 3. The summed E-state index contributed by atoms with van der Waals surface area (Å²) in [5, 5.41) is 8.50. The Labute approximate surface area is 120 Å². The zero-order valence-electron chi connectivity index (χ0n) is 13.0. The standard InChI is InChI=1S/C15H23N5/c1-6-14-16-17-15(20(14)5)11-19(4)13-10-8-7-9-12(13)18(2)3/h7-10H,6,11H2,1-5H3. The third-order valence-electron chi connectivity index (χ3n) is 3.52. The van der Waals surface area contributed by atoms with Gasteiger partial charge in [0, 0.05) is 34.6 Å². The number of para-hydroxylation sites is 2. The van der Waals surface area contributed by atoms with Gasteiger partial charge in [0.2, 0.25) is 0 Å². The van der Waals surface area contributed by atoms with Crippen molar-refractivity contribution in [1.82, 2.24) is 14.8 Å². The fourth-order valence-corrected chi connectivity index (χ4v) is 2.31. The van der Waals surface area contributed by atoms with Gasteiger partial charge in [-0.1, -0.05) is 19.1 Å². The molecule has 0 N–H and O–H groups in total. The van der Waals surface area contributed by atoms with E-state index >= 15 is 0 Å². The predicted octanol–water partition coefficient (Wildman–Crippen LogP) is 2.08. The van der Waals surface area contributed by atoms with Gasteiger partial charge in [-0.3, -0.25) is 0 Å². The number of aryl methyl sites for hydroxylation is 1. The third kappa shape index (κ3) is 2.76. The molecule has 0 atom stereocenters. The molecule has 2 rings (SSSR count). The Morgan fingerprint density at radius 3 is 2.15 bits per heavy atom. The molecule has 20 heavy (non-hydrogen) atoms. The van der Waals surface area contributed by atoms with E-state index in [0.29, 0.717) is 0 Å². The zero-order chi connectivity index (χ0) is 14.7. The van der Waals surface area contributed by atoms with E-state index in [4.69, 9.17) is 0 Å². The highest BCUT2D eigenvalue weighted by molar-refractivity contribution is 5.70. The van der Waals surface area contributed by atoms with Crippen molar-refractivity contribution in [1.29, 1.82) is 0 Å². The Kier molecular flexibility index (Phi) is 4.27. The van der Waals surface area contributed by atoms with E-state index in [1.165, 1.54) is 11.4 Å². The van der Waals surface area contributed by atoms with Gasteiger partial charge in [-0.15, -0.1) is 10.2 Å². The maximum atomic E-state index is 4.28. The van der Waals surface area contributed by atoms with Crippen molar-refractivity contribution in [3.05, 3.63) is 35.9 Å². The summed E-state index contributed by atoms with van der Waals surface area (Å²) in [6.07, 6.45) is 0.904. The lowest BCUT2D eigenvalue weighted by Gasteiger charge is -2.25. The molecule has 1 aromatic carbocycles. The van der Waals surface area contributed by atoms with Crippen LogP contribution in [0.25, 0.3) is 0 Å². The quantitative estimate of drug-likeness (QED) is 0.836. The Morgan fingerprint density at radius 2 is 1.60 bits per heavy atom. The number of nitrogens with zero attached hydrogens (tertiary/aromatic N) is 5. The van der Waals surface area contributed by atoms with E-state index < -0.39 is 0 Å². The van der Waals surface area contributed by atoms with Gasteiger partial charge in [0.05, 0.1) is 17.9 Å². The van der Waals surface area contributed by atoms with E-state index in [0.717, 1.165) is 24.6 Å². The van der Waals surface area contributed by atoms with Gasteiger partial charge in [0.15, 0.2) is 5.82 Å². The molecule has 0 spiro atoms. The van der Waals surface area contributed by atoms with Gasteiger partial charge in [0.1, 0.15) is 5.82 Å². The molecule has 5 nitrogen and oxygen atoms in total. The van der Waals surface area contributed by atoms with Crippen LogP contribution in [-0.4, -0.2) is 35.9 Å². The van der Waals surface area contributed by atoms with Gasteiger partial charge in [-0.05, 0) is 12.1 Å². The van der Waals surface area contributed by atoms with E-state index in [-0.39, 0.29) is 0 Å². The van der Waals surface area contributed by atoms with Crippen LogP contribution >= 0.6 is 0 Å². The second-order valence-corrected chi connectivity index (χ2v) is 5.18. The topological polar surface area (TPSA) is 37.2 Å². The smallest absolute Gasteiger partial charge is 0.152 e. The molecular formula is C15H23N5. The first kappa shape index (κ1) is 14.4. The van der Waals surface area contributed by atoms with Crippen LogP contribution < -0.4 is 9.80 Å². The maximum Gasteiger partial charge on any atom is 0.152 e. The first-order valence-corrected chi connectivity index (χ1v) is 6.89. The first-order chi connectivity index (χ1) is 9.54. The van der Waals surface area contributed by atoms with E-state index in [2.05, 4.69) is 76.9 Å². The molecule has 0 fully saturated rings. The summed E-state index contributed by atoms with van der Waals surface area (Å²) < 4.78 is 2.08. The molecule has 1 aromatic heterocycles. The van der Waals surface area contributed by atoms with Crippen LogP contribution in [0.4, 0.5) is 11.4 Å². The molecule has 0 aliphatic carbocycles. The average Bonchev–Trinajstić information content (AvgIpc) is 2.79. The van der Waals surface area contributed by atoms with Crippen LogP contribution in [-0.2, 0) is 20.0 Å². The molecule has 108 valence electrons. The summed E-state index contributed by atoms with van der Waals surface area (Å²) in [4.78, 5) is 4.33. The largest absolute Gasteiger partial charge is 0.376 e. The normalized spacial score (nSPS) is 10.7. The fraction of sp³-hybridized carbons (Fsp3) is 0.467. The van der Waals surface area contributed by atoms with Crippen LogP contribution in [0.2, 0.25) is 0 Å². The number of anilines is 2. The molecule has 0 amide bonds. The molecule has 0 bridgehead atoms. The molecule has 0 aliphatic heterocycles. The zero-order valence-corrected chi connectivity index (χ0v) is 13.0. The Balaban J connectivity index is 2.24. The monoisotopic (exact) mass is 273 g/mol. The minimum absolute atomic E-state index is 0.744. The molecular weight excluding hydrogens is 250 g/mol. The van der Waals surface area contributed by atoms with Crippen LogP contribution in [0.15, 0.2) is 24.3 Å². The molecule has 0 radical (unpaired) electrons. The number of hydrogen-bond acceptors (Lipinski definition) is 4. The van der Waals surface area contributed by atoms with E-state index in [9.17, 15) is 0 Å². The number of rotatable bonds is 5. The van der Waals surface area contributed by atoms with Crippen molar-refractivity contribution in [2.75, 3.05) is 30.9 Å². The van der Waals surface area contributed by atoms with Crippen LogP contribution in [0, 0.1) is 0 Å². The summed E-state index contributed by atoms with van der Waals surface area (Å²) in [6.45, 7) is 2.84. The maximum absolute atomic E-state index is 4.28. The van der Waals surface area contributed by atoms with Gasteiger partial charge in [-0.25, -0.2) is 0 Å². The highest BCUT2D eigenvalue weighted by atomic mass is 15.3. The van der Waals surface area contributed by atoms with Crippen molar-refractivity contribution in [3.63, 3.8) is 0 Å². The Hall–Kier alpha value is -2.04. The lowest BCUT2D eigenvalue weighted by Crippen LogP contribution is -2.22. The third-order valence-corrected chi connectivity index (χ3v) is 3.52. The van der Waals surface area contributed by atoms with Gasteiger partial charge in [-0.2, -0.15) is 0 Å². The molecule has 5 heteroatoms. The highest BCUT2D eigenvalue weighted by Crippen LogP contribution is 2.27. The summed E-state index contributed by atoms with van der Waals surface area (Å²) in [5.74, 6) is 2.01. The Morgan fingerprint density at radius 1 is 1.00 bits per heavy atom. The van der Waals surface area contributed by atoms with Crippen LogP contribution in [0.1, 0.15) is 18.6 Å². The second kappa shape index (κ2) is 5.94. The molecule has 0 unspecified atom stereocenters. The second-order valence-electron chi connectivity index (χ2n) is 5.18. The summed E-state index contributed by atoms with van der Waals surface area (Å²) in [6, 6.07) is 8.38. The minimum atomic E-state index is 0.744. The van der Waals surface area contributed by atoms with Crippen molar-refractivity contribution in [3.8, 4) is 0 Å². The molecule has 0 saturated heterocycles. The highest BCUT2D eigenvalue weighted by Gasteiger charge is 2.13. The lowest BCUT2D eigenvalue weighted by atomic mass is 10.2. The van der Waals surface area contributed by atoms with Crippen molar-refractivity contribution >= 4 is 11.4 Å². The van der Waals surface area contributed by atoms with Gasteiger partial charge < -0.3 is 14.4 Å². The molecule has 0 saturated carbocycles. The van der Waals surface area contributed by atoms with Crippen molar-refractivity contribution in [2.24, 2.45) is 7.05 Å². The number of benzene rings is 1.